The van der Waals surface area contributed by atoms with Gasteiger partial charge in [0.25, 0.3) is 5.91 Å². The van der Waals surface area contributed by atoms with Gasteiger partial charge in [-0.25, -0.2) is 0 Å². The molecule has 134 valence electrons. The van der Waals surface area contributed by atoms with E-state index in [1.54, 1.807) is 49.4 Å². The largest absolute Gasteiger partial charge is 0.481 e. The number of hydrogen-bond acceptors (Lipinski definition) is 4. The number of hydrogen-bond donors (Lipinski definition) is 3. The molecule has 2 aromatic carbocycles. The van der Waals surface area contributed by atoms with Crippen molar-refractivity contribution in [3.63, 3.8) is 0 Å². The molecular weight excluding hydrogens is 395 g/mol. The molecular formula is C17H14Cl2N4O2S. The molecule has 6 nitrogen and oxygen atoms in total. The number of ether oxygens (including phenoxy) is 1. The quantitative estimate of drug-likeness (QED) is 0.528. The van der Waals surface area contributed by atoms with Crippen molar-refractivity contribution < 1.29 is 9.53 Å². The molecule has 3 N–H and O–H groups in total. The number of nitrogens with one attached hydrogen (secondary N) is 3. The van der Waals surface area contributed by atoms with Crippen molar-refractivity contribution in [3.8, 4) is 11.8 Å². The lowest BCUT2D eigenvalue weighted by molar-refractivity contribution is -0.127. The summed E-state index contributed by atoms with van der Waals surface area (Å²) < 4.78 is 5.50. The van der Waals surface area contributed by atoms with Crippen LogP contribution >= 0.6 is 35.4 Å². The summed E-state index contributed by atoms with van der Waals surface area (Å²) in [5.74, 6) is 0.0450. The van der Waals surface area contributed by atoms with Crippen LogP contribution in [0, 0.1) is 11.3 Å². The molecule has 0 spiro atoms. The molecule has 9 heteroatoms. The smallest absolute Gasteiger partial charge is 0.279 e. The maximum absolute atomic E-state index is 12.1. The predicted molar refractivity (Wildman–Crippen MR) is 105 cm³/mol. The zero-order chi connectivity index (χ0) is 19.1. The van der Waals surface area contributed by atoms with E-state index in [0.717, 1.165) is 0 Å². The fraction of sp³-hybridized carbons (Fsp3) is 0.118. The van der Waals surface area contributed by atoms with E-state index < -0.39 is 12.0 Å². The fourth-order valence-electron chi connectivity index (χ4n) is 1.87. The van der Waals surface area contributed by atoms with Gasteiger partial charge in [-0.3, -0.25) is 15.6 Å². The lowest BCUT2D eigenvalue weighted by Crippen LogP contribution is -2.48. The number of nitriles is 1. The Morgan fingerprint density at radius 3 is 2.35 bits per heavy atom. The third-order valence-electron chi connectivity index (χ3n) is 3.09. The monoisotopic (exact) mass is 408 g/mol. The number of halogens is 2. The van der Waals surface area contributed by atoms with Gasteiger partial charge in [-0.2, -0.15) is 5.26 Å². The summed E-state index contributed by atoms with van der Waals surface area (Å²) in [4.78, 5) is 12.1. The SMILES string of the molecule is C[C@H](Oc1ccc(C#N)cc1)C(=O)NNC(=S)Nc1cc(Cl)cc(Cl)c1. The second-order valence-corrected chi connectivity index (χ2v) is 6.40. The highest BCUT2D eigenvalue weighted by Gasteiger charge is 2.15. The molecule has 0 aliphatic heterocycles. The molecule has 0 saturated heterocycles. The predicted octanol–water partition coefficient (Wildman–Crippen LogP) is 3.65. The van der Waals surface area contributed by atoms with Crippen LogP contribution in [0.3, 0.4) is 0 Å². The van der Waals surface area contributed by atoms with Crippen molar-refractivity contribution in [2.75, 3.05) is 5.32 Å². The minimum Gasteiger partial charge on any atom is -0.481 e. The summed E-state index contributed by atoms with van der Waals surface area (Å²) in [5.41, 5.74) is 6.09. The van der Waals surface area contributed by atoms with Gasteiger partial charge in [0.2, 0.25) is 0 Å². The summed E-state index contributed by atoms with van der Waals surface area (Å²) in [6, 6.07) is 13.3. The molecule has 0 saturated carbocycles. The number of carbonyl (C=O) groups excluding carboxylic acids is 1. The Morgan fingerprint density at radius 1 is 1.15 bits per heavy atom. The van der Waals surface area contributed by atoms with Gasteiger partial charge < -0.3 is 10.1 Å². The van der Waals surface area contributed by atoms with Gasteiger partial charge in [0, 0.05) is 15.7 Å². The Kier molecular flexibility index (Phi) is 7.04. The van der Waals surface area contributed by atoms with E-state index in [-0.39, 0.29) is 5.11 Å². The van der Waals surface area contributed by atoms with Gasteiger partial charge >= 0.3 is 0 Å². The molecule has 2 rings (SSSR count). The number of carbonyl (C=O) groups is 1. The summed E-state index contributed by atoms with van der Waals surface area (Å²) in [6.07, 6.45) is -0.779. The van der Waals surface area contributed by atoms with Crippen molar-refractivity contribution >= 4 is 52.1 Å². The molecule has 0 heterocycles. The maximum atomic E-state index is 12.1. The second-order valence-electron chi connectivity index (χ2n) is 5.12. The maximum Gasteiger partial charge on any atom is 0.279 e. The van der Waals surface area contributed by atoms with Crippen LogP contribution in [0.15, 0.2) is 42.5 Å². The Bertz CT molecular complexity index is 833. The van der Waals surface area contributed by atoms with Crippen LogP contribution in [0.1, 0.15) is 12.5 Å². The van der Waals surface area contributed by atoms with Gasteiger partial charge in [0.15, 0.2) is 11.2 Å². The molecule has 0 bridgehead atoms. The van der Waals surface area contributed by atoms with Crippen LogP contribution in [0.4, 0.5) is 5.69 Å². The first-order chi connectivity index (χ1) is 12.4. The summed E-state index contributed by atoms with van der Waals surface area (Å²) >= 11 is 16.9. The van der Waals surface area contributed by atoms with E-state index in [1.807, 2.05) is 6.07 Å². The second kappa shape index (κ2) is 9.25. The lowest BCUT2D eigenvalue weighted by Gasteiger charge is -2.16. The van der Waals surface area contributed by atoms with E-state index in [4.69, 9.17) is 45.4 Å². The van der Waals surface area contributed by atoms with Crippen molar-refractivity contribution in [3.05, 3.63) is 58.1 Å². The van der Waals surface area contributed by atoms with E-state index in [1.165, 1.54) is 0 Å². The van der Waals surface area contributed by atoms with Crippen molar-refractivity contribution in [1.82, 2.24) is 10.9 Å². The van der Waals surface area contributed by atoms with Crippen LogP contribution in [0.2, 0.25) is 10.0 Å². The first kappa shape index (κ1) is 19.8. The highest BCUT2D eigenvalue weighted by Crippen LogP contribution is 2.22. The average Bonchev–Trinajstić information content (AvgIpc) is 2.59. The number of amides is 1. The van der Waals surface area contributed by atoms with E-state index >= 15 is 0 Å². The van der Waals surface area contributed by atoms with Crippen molar-refractivity contribution in [2.45, 2.75) is 13.0 Å². The Morgan fingerprint density at radius 2 is 1.77 bits per heavy atom. The highest BCUT2D eigenvalue weighted by molar-refractivity contribution is 7.80. The zero-order valence-corrected chi connectivity index (χ0v) is 15.9. The molecule has 1 atom stereocenters. The highest BCUT2D eigenvalue weighted by atomic mass is 35.5. The number of thiocarbonyl (C=S) groups is 1. The summed E-state index contributed by atoms with van der Waals surface area (Å²) in [7, 11) is 0. The van der Waals surface area contributed by atoms with Gasteiger partial charge in [0.1, 0.15) is 5.75 Å². The average molecular weight is 409 g/mol. The summed E-state index contributed by atoms with van der Waals surface area (Å²) in [5, 5.41) is 12.7. The third kappa shape index (κ3) is 6.08. The third-order valence-corrected chi connectivity index (χ3v) is 3.73. The van der Waals surface area contributed by atoms with Gasteiger partial charge in [-0.15, -0.1) is 0 Å². The number of benzene rings is 2. The van der Waals surface area contributed by atoms with E-state index in [0.29, 0.717) is 27.0 Å². The number of nitrogens with zero attached hydrogens (tertiary/aromatic N) is 1. The summed E-state index contributed by atoms with van der Waals surface area (Å²) in [6.45, 7) is 1.59. The van der Waals surface area contributed by atoms with Crippen molar-refractivity contribution in [2.24, 2.45) is 0 Å². The molecule has 26 heavy (non-hydrogen) atoms. The Hall–Kier alpha value is -2.53. The van der Waals surface area contributed by atoms with Crippen LogP contribution < -0.4 is 20.9 Å². The number of anilines is 1. The Labute approximate surface area is 166 Å². The fourth-order valence-corrected chi connectivity index (χ4v) is 2.57. The van der Waals surface area contributed by atoms with Gasteiger partial charge in [-0.05, 0) is 61.6 Å². The van der Waals surface area contributed by atoms with E-state index in [2.05, 4.69) is 16.2 Å². The van der Waals surface area contributed by atoms with Gasteiger partial charge in [0.05, 0.1) is 11.6 Å². The first-order valence-corrected chi connectivity index (χ1v) is 8.53. The normalized spacial score (nSPS) is 11.0. The molecule has 1 amide bonds. The standard InChI is InChI=1S/C17H14Cl2N4O2S/c1-10(25-15-4-2-11(9-20)3-5-15)16(24)22-23-17(26)21-14-7-12(18)6-13(19)8-14/h2-8,10H,1H3,(H,22,24)(H2,21,23,26)/t10-/m0/s1. The topological polar surface area (TPSA) is 86.2 Å². The molecule has 0 fully saturated rings. The van der Waals surface area contributed by atoms with Crippen molar-refractivity contribution in [1.29, 1.82) is 5.26 Å². The van der Waals surface area contributed by atoms with Gasteiger partial charge in [-0.1, -0.05) is 23.2 Å². The minimum absolute atomic E-state index is 0.155. The molecule has 0 aromatic heterocycles. The minimum atomic E-state index is -0.779. The lowest BCUT2D eigenvalue weighted by atomic mass is 10.2. The molecule has 2 aromatic rings. The molecule has 0 unspecified atom stereocenters. The molecule has 0 aliphatic rings. The van der Waals surface area contributed by atoms with Crippen LogP contribution in [-0.4, -0.2) is 17.1 Å². The number of hydrazine groups is 1. The first-order valence-electron chi connectivity index (χ1n) is 7.37. The van der Waals surface area contributed by atoms with E-state index in [9.17, 15) is 4.79 Å². The Balaban J connectivity index is 1.82. The van der Waals surface area contributed by atoms with Crippen LogP contribution in [0.5, 0.6) is 5.75 Å². The molecule has 0 aliphatic carbocycles. The zero-order valence-electron chi connectivity index (χ0n) is 13.5. The van der Waals surface area contributed by atoms with Crippen LogP contribution in [0.25, 0.3) is 0 Å². The molecule has 0 radical (unpaired) electrons. The van der Waals surface area contributed by atoms with Crippen LogP contribution in [-0.2, 0) is 4.79 Å². The number of rotatable bonds is 4.